The lowest BCUT2D eigenvalue weighted by atomic mass is 10.2. The van der Waals surface area contributed by atoms with Gasteiger partial charge in [0.2, 0.25) is 5.91 Å². The second kappa shape index (κ2) is 9.08. The molecule has 0 saturated heterocycles. The van der Waals surface area contributed by atoms with Crippen LogP contribution in [0, 0.1) is 13.8 Å². The molecule has 0 bridgehead atoms. The zero-order chi connectivity index (χ0) is 19.1. The van der Waals surface area contributed by atoms with E-state index in [0.29, 0.717) is 35.9 Å². The molecule has 0 spiro atoms. The van der Waals surface area contributed by atoms with Gasteiger partial charge in [0.1, 0.15) is 12.3 Å². The first kappa shape index (κ1) is 19.6. The second-order valence-corrected chi connectivity index (χ2v) is 5.98. The molecule has 6 heteroatoms. The van der Waals surface area contributed by atoms with Crippen molar-refractivity contribution < 1.29 is 19.1 Å². The van der Waals surface area contributed by atoms with Gasteiger partial charge in [-0.1, -0.05) is 19.1 Å². The highest BCUT2D eigenvalue weighted by atomic mass is 16.5. The molecule has 0 radical (unpaired) electrons. The third-order valence-corrected chi connectivity index (χ3v) is 3.99. The average Bonchev–Trinajstić information content (AvgIpc) is 2.89. The van der Waals surface area contributed by atoms with Crippen LogP contribution in [0.4, 0.5) is 5.69 Å². The van der Waals surface area contributed by atoms with Crippen LogP contribution in [-0.2, 0) is 16.1 Å². The summed E-state index contributed by atoms with van der Waals surface area (Å²) in [4.78, 5) is 24.5. The fourth-order valence-corrected chi connectivity index (χ4v) is 2.70. The van der Waals surface area contributed by atoms with Crippen molar-refractivity contribution in [3.63, 3.8) is 0 Å². The predicted molar refractivity (Wildman–Crippen MR) is 101 cm³/mol. The average molecular weight is 358 g/mol. The number of rotatable bonds is 8. The van der Waals surface area contributed by atoms with Gasteiger partial charge >= 0.3 is 5.97 Å². The Kier molecular flexibility index (Phi) is 6.83. The molecule has 1 heterocycles. The van der Waals surface area contributed by atoms with Gasteiger partial charge in [-0.15, -0.1) is 0 Å². The van der Waals surface area contributed by atoms with Crippen LogP contribution in [0.15, 0.2) is 30.3 Å². The minimum Gasteiger partial charge on any atom is -0.491 e. The lowest BCUT2D eigenvalue weighted by Gasteiger charge is -2.13. The summed E-state index contributed by atoms with van der Waals surface area (Å²) in [6.45, 7) is 8.48. The Bertz CT molecular complexity index is 780. The van der Waals surface area contributed by atoms with Crippen LogP contribution in [-0.4, -0.2) is 29.7 Å². The third-order valence-electron chi connectivity index (χ3n) is 3.99. The Morgan fingerprint density at radius 3 is 2.58 bits per heavy atom. The Morgan fingerprint density at radius 2 is 1.88 bits per heavy atom. The van der Waals surface area contributed by atoms with Gasteiger partial charge in [0.05, 0.1) is 24.5 Å². The molecule has 0 atom stereocenters. The van der Waals surface area contributed by atoms with Crippen molar-refractivity contribution in [1.82, 2.24) is 4.57 Å². The van der Waals surface area contributed by atoms with Crippen LogP contribution in [0.2, 0.25) is 0 Å². The smallest absolute Gasteiger partial charge is 0.339 e. The SMILES string of the molecule is CCCOc1ccccc1NC(=O)Cn1c(C)cc(C(=O)OCC)c1C. The first-order valence-electron chi connectivity index (χ1n) is 8.83. The van der Waals surface area contributed by atoms with E-state index in [-0.39, 0.29) is 18.4 Å². The maximum Gasteiger partial charge on any atom is 0.339 e. The summed E-state index contributed by atoms with van der Waals surface area (Å²) in [6, 6.07) is 9.10. The molecule has 0 aliphatic carbocycles. The molecule has 1 aromatic heterocycles. The number of para-hydroxylation sites is 2. The molecule has 0 aliphatic heterocycles. The Balaban J connectivity index is 2.13. The predicted octanol–water partition coefficient (Wildman–Crippen LogP) is 3.71. The molecular weight excluding hydrogens is 332 g/mol. The maximum atomic E-state index is 12.5. The number of nitrogens with zero attached hydrogens (tertiary/aromatic N) is 1. The number of benzene rings is 1. The number of aryl methyl sites for hydroxylation is 1. The van der Waals surface area contributed by atoms with Gasteiger partial charge in [0, 0.05) is 11.4 Å². The molecular formula is C20H26N2O4. The summed E-state index contributed by atoms with van der Waals surface area (Å²) < 4.78 is 12.5. The quantitative estimate of drug-likeness (QED) is 0.731. The number of hydrogen-bond acceptors (Lipinski definition) is 4. The highest BCUT2D eigenvalue weighted by molar-refractivity contribution is 5.93. The molecule has 1 amide bonds. The van der Waals surface area contributed by atoms with E-state index in [2.05, 4.69) is 5.32 Å². The third kappa shape index (κ3) is 4.65. The van der Waals surface area contributed by atoms with Gasteiger partial charge in [-0.05, 0) is 45.4 Å². The fourth-order valence-electron chi connectivity index (χ4n) is 2.70. The number of nitrogens with one attached hydrogen (secondary N) is 1. The van der Waals surface area contributed by atoms with Crippen LogP contribution in [0.1, 0.15) is 42.0 Å². The normalized spacial score (nSPS) is 10.5. The van der Waals surface area contributed by atoms with E-state index < -0.39 is 0 Å². The van der Waals surface area contributed by atoms with Crippen LogP contribution in [0.5, 0.6) is 5.75 Å². The number of carbonyl (C=O) groups excluding carboxylic acids is 2. The fraction of sp³-hybridized carbons (Fsp3) is 0.400. The van der Waals surface area contributed by atoms with Gasteiger partial charge in [0.25, 0.3) is 0 Å². The maximum absolute atomic E-state index is 12.5. The number of esters is 1. The molecule has 2 rings (SSSR count). The van der Waals surface area contributed by atoms with Gasteiger partial charge in [-0.3, -0.25) is 4.79 Å². The minimum absolute atomic E-state index is 0.110. The molecule has 26 heavy (non-hydrogen) atoms. The van der Waals surface area contributed by atoms with Crippen LogP contribution >= 0.6 is 0 Å². The van der Waals surface area contributed by atoms with E-state index in [0.717, 1.165) is 12.1 Å². The van der Waals surface area contributed by atoms with Crippen molar-refractivity contribution in [3.8, 4) is 5.75 Å². The number of anilines is 1. The van der Waals surface area contributed by atoms with E-state index in [4.69, 9.17) is 9.47 Å². The molecule has 0 unspecified atom stereocenters. The van der Waals surface area contributed by atoms with E-state index in [1.165, 1.54) is 0 Å². The number of ether oxygens (including phenoxy) is 2. The Morgan fingerprint density at radius 1 is 1.15 bits per heavy atom. The standard InChI is InChI=1S/C20H26N2O4/c1-5-11-26-18-10-8-7-9-17(18)21-19(23)13-22-14(3)12-16(15(22)4)20(24)25-6-2/h7-10,12H,5-6,11,13H2,1-4H3,(H,21,23). The molecule has 140 valence electrons. The van der Waals surface area contributed by atoms with Crippen LogP contribution in [0.3, 0.4) is 0 Å². The number of carbonyl (C=O) groups is 2. The van der Waals surface area contributed by atoms with E-state index in [1.54, 1.807) is 17.6 Å². The van der Waals surface area contributed by atoms with Crippen molar-refractivity contribution >= 4 is 17.6 Å². The number of hydrogen-bond donors (Lipinski definition) is 1. The first-order valence-corrected chi connectivity index (χ1v) is 8.83. The van der Waals surface area contributed by atoms with Gasteiger partial charge in [-0.25, -0.2) is 4.79 Å². The van der Waals surface area contributed by atoms with Crippen molar-refractivity contribution in [2.75, 3.05) is 18.5 Å². The van der Waals surface area contributed by atoms with Crippen LogP contribution in [0.25, 0.3) is 0 Å². The zero-order valence-corrected chi connectivity index (χ0v) is 15.8. The van der Waals surface area contributed by atoms with E-state index in [9.17, 15) is 9.59 Å². The van der Waals surface area contributed by atoms with Crippen molar-refractivity contribution in [1.29, 1.82) is 0 Å². The zero-order valence-electron chi connectivity index (χ0n) is 15.8. The highest BCUT2D eigenvalue weighted by Gasteiger charge is 2.18. The Labute approximate surface area is 154 Å². The van der Waals surface area contributed by atoms with E-state index in [1.807, 2.05) is 45.0 Å². The molecule has 0 fully saturated rings. The highest BCUT2D eigenvalue weighted by Crippen LogP contribution is 2.24. The van der Waals surface area contributed by atoms with Crippen LogP contribution < -0.4 is 10.1 Å². The van der Waals surface area contributed by atoms with Gasteiger partial charge in [-0.2, -0.15) is 0 Å². The summed E-state index contributed by atoms with van der Waals surface area (Å²) >= 11 is 0. The van der Waals surface area contributed by atoms with Crippen molar-refractivity contribution in [3.05, 3.63) is 47.3 Å². The molecule has 1 aromatic carbocycles. The van der Waals surface area contributed by atoms with Crippen molar-refractivity contribution in [2.24, 2.45) is 0 Å². The summed E-state index contributed by atoms with van der Waals surface area (Å²) in [7, 11) is 0. The summed E-state index contributed by atoms with van der Waals surface area (Å²) in [6.07, 6.45) is 0.890. The molecule has 0 saturated carbocycles. The number of amides is 1. The summed E-state index contributed by atoms with van der Waals surface area (Å²) in [5, 5.41) is 2.89. The largest absolute Gasteiger partial charge is 0.491 e. The molecule has 0 aliphatic rings. The first-order chi connectivity index (χ1) is 12.5. The second-order valence-electron chi connectivity index (χ2n) is 5.98. The van der Waals surface area contributed by atoms with Gasteiger partial charge in [0.15, 0.2) is 0 Å². The lowest BCUT2D eigenvalue weighted by Crippen LogP contribution is -2.21. The monoisotopic (exact) mass is 358 g/mol. The summed E-state index contributed by atoms with van der Waals surface area (Å²) in [5.41, 5.74) is 2.67. The Hall–Kier alpha value is -2.76. The van der Waals surface area contributed by atoms with Crippen molar-refractivity contribution in [2.45, 2.75) is 40.7 Å². The minimum atomic E-state index is -0.370. The molecule has 2 aromatic rings. The number of aromatic nitrogens is 1. The summed E-state index contributed by atoms with van der Waals surface area (Å²) in [5.74, 6) is 0.0937. The molecule has 6 nitrogen and oxygen atoms in total. The van der Waals surface area contributed by atoms with Gasteiger partial charge < -0.3 is 19.4 Å². The topological polar surface area (TPSA) is 69.6 Å². The molecule has 1 N–H and O–H groups in total. The van der Waals surface area contributed by atoms with E-state index >= 15 is 0 Å². The lowest BCUT2D eigenvalue weighted by molar-refractivity contribution is -0.116.